The zero-order valence-corrected chi connectivity index (χ0v) is 19.2. The molecule has 6 nitrogen and oxygen atoms in total. The van der Waals surface area contributed by atoms with Gasteiger partial charge in [-0.2, -0.15) is 5.10 Å². The van der Waals surface area contributed by atoms with Gasteiger partial charge in [0, 0.05) is 44.5 Å². The van der Waals surface area contributed by atoms with E-state index in [-0.39, 0.29) is 11.6 Å². The number of amides is 1. The molecule has 0 unspecified atom stereocenters. The number of likely N-dealkylation sites (N-methyl/N-ethyl adjacent to an activating group) is 1. The van der Waals surface area contributed by atoms with Gasteiger partial charge < -0.3 is 10.2 Å². The zero-order chi connectivity index (χ0) is 23.5. The number of nitrogens with zero attached hydrogens (tertiary/aromatic N) is 4. The number of nitrogens with one attached hydrogen (secondary N) is 1. The average molecular weight is 454 g/mol. The van der Waals surface area contributed by atoms with Crippen LogP contribution in [0.3, 0.4) is 0 Å². The third-order valence-corrected chi connectivity index (χ3v) is 6.19. The first-order valence-corrected chi connectivity index (χ1v) is 11.2. The molecular weight excluding hydrogens is 424 g/mol. The lowest BCUT2D eigenvalue weighted by Gasteiger charge is -2.34. The fraction of sp³-hybridized carbons (Fsp3) is 0.360. The molecule has 0 aliphatic carbocycles. The molecule has 1 saturated heterocycles. The zero-order valence-electron chi connectivity index (χ0n) is 19.2. The number of carbonyl (C=O) groups excluding carboxylic acids is 1. The topological polar surface area (TPSA) is 53.4 Å². The van der Waals surface area contributed by atoms with E-state index in [1.807, 2.05) is 24.3 Å². The Morgan fingerprint density at radius 1 is 1.00 bits per heavy atom. The highest BCUT2D eigenvalue weighted by Gasteiger charge is 2.21. The van der Waals surface area contributed by atoms with Gasteiger partial charge in [-0.3, -0.25) is 9.69 Å². The monoisotopic (exact) mass is 453 g/mol. The van der Waals surface area contributed by atoms with Crippen LogP contribution < -0.4 is 5.32 Å². The SMILES string of the molecule is CCN1CCN(Cc2ccc(NC(=O)c3c(C)nn(-c4ccc(F)cc4F)c3C)cc2)CC1. The van der Waals surface area contributed by atoms with Crippen molar-refractivity contribution in [3.8, 4) is 5.69 Å². The Bertz CT molecular complexity index is 1130. The maximum Gasteiger partial charge on any atom is 0.259 e. The Morgan fingerprint density at radius 2 is 1.67 bits per heavy atom. The standard InChI is InChI=1S/C25H29F2N5O/c1-4-30-11-13-31(14-12-30)16-19-5-8-21(9-6-19)28-25(33)24-17(2)29-32(18(24)3)23-10-7-20(26)15-22(23)27/h5-10,15H,4,11-14,16H2,1-3H3,(H,28,33). The minimum atomic E-state index is -0.737. The molecule has 1 aliphatic rings. The van der Waals surface area contributed by atoms with E-state index in [0.717, 1.165) is 45.3 Å². The van der Waals surface area contributed by atoms with E-state index in [1.54, 1.807) is 13.8 Å². The van der Waals surface area contributed by atoms with E-state index in [4.69, 9.17) is 0 Å². The molecule has 0 radical (unpaired) electrons. The summed E-state index contributed by atoms with van der Waals surface area (Å²) in [4.78, 5) is 17.9. The first-order valence-electron chi connectivity index (χ1n) is 11.2. The maximum atomic E-state index is 14.2. The van der Waals surface area contributed by atoms with Crippen molar-refractivity contribution in [2.45, 2.75) is 27.3 Å². The normalized spacial score (nSPS) is 15.1. The van der Waals surface area contributed by atoms with Gasteiger partial charge >= 0.3 is 0 Å². The van der Waals surface area contributed by atoms with Crippen LogP contribution in [-0.2, 0) is 6.54 Å². The fourth-order valence-electron chi connectivity index (χ4n) is 4.27. The van der Waals surface area contributed by atoms with Crippen molar-refractivity contribution < 1.29 is 13.6 Å². The number of piperazine rings is 1. The number of rotatable bonds is 6. The number of aromatic nitrogens is 2. The van der Waals surface area contributed by atoms with Gasteiger partial charge in [-0.15, -0.1) is 0 Å². The summed E-state index contributed by atoms with van der Waals surface area (Å²) in [5.74, 6) is -1.72. The molecule has 174 valence electrons. The van der Waals surface area contributed by atoms with Crippen LogP contribution in [0.5, 0.6) is 0 Å². The second-order valence-corrected chi connectivity index (χ2v) is 8.41. The molecular formula is C25H29F2N5O. The number of halogens is 2. The number of aryl methyl sites for hydroxylation is 1. The van der Waals surface area contributed by atoms with Gasteiger partial charge in [0.1, 0.15) is 11.5 Å². The quantitative estimate of drug-likeness (QED) is 0.609. The second-order valence-electron chi connectivity index (χ2n) is 8.41. The van der Waals surface area contributed by atoms with Gasteiger partial charge in [0.15, 0.2) is 5.82 Å². The summed E-state index contributed by atoms with van der Waals surface area (Å²) in [5.41, 5.74) is 3.30. The summed E-state index contributed by atoms with van der Waals surface area (Å²) in [6.45, 7) is 11.9. The number of benzene rings is 2. The third-order valence-electron chi connectivity index (χ3n) is 6.19. The minimum Gasteiger partial charge on any atom is -0.322 e. The van der Waals surface area contributed by atoms with Crippen LogP contribution in [0, 0.1) is 25.5 Å². The lowest BCUT2D eigenvalue weighted by Crippen LogP contribution is -2.45. The van der Waals surface area contributed by atoms with E-state index < -0.39 is 11.6 Å². The summed E-state index contributed by atoms with van der Waals surface area (Å²) >= 11 is 0. The van der Waals surface area contributed by atoms with Crippen LogP contribution >= 0.6 is 0 Å². The molecule has 8 heteroatoms. The van der Waals surface area contributed by atoms with Crippen LogP contribution in [0.1, 0.15) is 34.2 Å². The van der Waals surface area contributed by atoms with E-state index in [0.29, 0.717) is 22.6 Å². The van der Waals surface area contributed by atoms with Crippen molar-refractivity contribution in [3.05, 3.63) is 76.6 Å². The highest BCUT2D eigenvalue weighted by Crippen LogP contribution is 2.22. The molecule has 33 heavy (non-hydrogen) atoms. The molecule has 4 rings (SSSR count). The first-order chi connectivity index (χ1) is 15.9. The van der Waals surface area contributed by atoms with Crippen LogP contribution in [0.15, 0.2) is 42.5 Å². The Morgan fingerprint density at radius 3 is 2.30 bits per heavy atom. The number of hydrogen-bond acceptors (Lipinski definition) is 4. The Kier molecular flexibility index (Phi) is 6.85. The molecule has 2 heterocycles. The average Bonchev–Trinajstić information content (AvgIpc) is 3.09. The predicted octanol–water partition coefficient (Wildman–Crippen LogP) is 4.16. The highest BCUT2D eigenvalue weighted by atomic mass is 19.1. The first kappa shape index (κ1) is 23.1. The van der Waals surface area contributed by atoms with Gasteiger partial charge in [0.2, 0.25) is 0 Å². The van der Waals surface area contributed by atoms with Crippen molar-refractivity contribution in [1.29, 1.82) is 0 Å². The Hall–Kier alpha value is -3.10. The van der Waals surface area contributed by atoms with Gasteiger partial charge in [-0.1, -0.05) is 19.1 Å². The molecule has 0 saturated carbocycles. The molecule has 3 aromatic rings. The lowest BCUT2D eigenvalue weighted by atomic mass is 10.1. The molecule has 1 amide bonds. The highest BCUT2D eigenvalue weighted by molar-refractivity contribution is 6.05. The molecule has 2 aromatic carbocycles. The summed E-state index contributed by atoms with van der Waals surface area (Å²) in [7, 11) is 0. The van der Waals surface area contributed by atoms with E-state index in [1.165, 1.54) is 22.4 Å². The molecule has 1 aromatic heterocycles. The molecule has 0 atom stereocenters. The third kappa shape index (κ3) is 5.12. The van der Waals surface area contributed by atoms with Crippen molar-refractivity contribution in [2.75, 3.05) is 38.0 Å². The molecule has 1 aliphatic heterocycles. The molecule has 0 bridgehead atoms. The van der Waals surface area contributed by atoms with Gasteiger partial charge in [0.05, 0.1) is 17.0 Å². The largest absolute Gasteiger partial charge is 0.322 e. The number of carbonyl (C=O) groups is 1. The minimum absolute atomic E-state index is 0.0974. The lowest BCUT2D eigenvalue weighted by molar-refractivity contribution is 0.102. The van der Waals surface area contributed by atoms with E-state index >= 15 is 0 Å². The Balaban J connectivity index is 1.44. The van der Waals surface area contributed by atoms with Crippen LogP contribution in [0.25, 0.3) is 5.69 Å². The van der Waals surface area contributed by atoms with E-state index in [9.17, 15) is 13.6 Å². The summed E-state index contributed by atoms with van der Waals surface area (Å²) in [5, 5.41) is 7.22. The van der Waals surface area contributed by atoms with Crippen LogP contribution in [0.4, 0.5) is 14.5 Å². The maximum absolute atomic E-state index is 14.2. The molecule has 1 N–H and O–H groups in total. The number of anilines is 1. The van der Waals surface area contributed by atoms with Crippen molar-refractivity contribution >= 4 is 11.6 Å². The molecule has 0 spiro atoms. The predicted molar refractivity (Wildman–Crippen MR) is 125 cm³/mol. The van der Waals surface area contributed by atoms with Crippen molar-refractivity contribution in [3.63, 3.8) is 0 Å². The van der Waals surface area contributed by atoms with Gasteiger partial charge in [-0.05, 0) is 50.2 Å². The van der Waals surface area contributed by atoms with Gasteiger partial charge in [-0.25, -0.2) is 13.5 Å². The van der Waals surface area contributed by atoms with Gasteiger partial charge in [0.25, 0.3) is 5.91 Å². The summed E-state index contributed by atoms with van der Waals surface area (Å²) in [6, 6.07) is 11.1. The second kappa shape index (κ2) is 9.80. The smallest absolute Gasteiger partial charge is 0.259 e. The van der Waals surface area contributed by atoms with E-state index in [2.05, 4.69) is 27.1 Å². The van der Waals surface area contributed by atoms with Crippen molar-refractivity contribution in [2.24, 2.45) is 0 Å². The van der Waals surface area contributed by atoms with Crippen LogP contribution in [-0.4, -0.2) is 58.2 Å². The summed E-state index contributed by atoms with van der Waals surface area (Å²) < 4.78 is 28.8. The van der Waals surface area contributed by atoms with Crippen LogP contribution in [0.2, 0.25) is 0 Å². The van der Waals surface area contributed by atoms with Crippen molar-refractivity contribution in [1.82, 2.24) is 19.6 Å². The number of hydrogen-bond donors (Lipinski definition) is 1. The fourth-order valence-corrected chi connectivity index (χ4v) is 4.27. The summed E-state index contributed by atoms with van der Waals surface area (Å²) in [6.07, 6.45) is 0. The Labute approximate surface area is 192 Å². The molecule has 1 fully saturated rings.